The van der Waals surface area contributed by atoms with Gasteiger partial charge in [0.2, 0.25) is 0 Å². The van der Waals surface area contributed by atoms with Gasteiger partial charge in [-0.15, -0.1) is 0 Å². The van der Waals surface area contributed by atoms with E-state index < -0.39 is 0 Å². The molecule has 0 bridgehead atoms. The average molecular weight is 383 g/mol. The first-order valence-electron chi connectivity index (χ1n) is 10.3. The van der Waals surface area contributed by atoms with Crippen LogP contribution in [0.3, 0.4) is 0 Å². The molecule has 0 unspecified atom stereocenters. The lowest BCUT2D eigenvalue weighted by Gasteiger charge is -2.33. The van der Waals surface area contributed by atoms with Gasteiger partial charge in [0.1, 0.15) is 11.5 Å². The van der Waals surface area contributed by atoms with E-state index >= 15 is 0 Å². The quantitative estimate of drug-likeness (QED) is 0.652. The standard InChI is InChI=1S/C24H34N2O2/c1-25-15-12-21(13-16-25)18-26(19-22-6-4-5-7-24(22)28-3)17-14-20-8-10-23(27-2)11-9-20/h4-11,21H,12-19H2,1-3H3. The zero-order chi connectivity index (χ0) is 19.8. The summed E-state index contributed by atoms with van der Waals surface area (Å²) in [5.41, 5.74) is 2.63. The van der Waals surface area contributed by atoms with Crippen molar-refractivity contribution in [2.45, 2.75) is 25.8 Å². The van der Waals surface area contributed by atoms with Crippen LogP contribution in [0.2, 0.25) is 0 Å². The highest BCUT2D eigenvalue weighted by Gasteiger charge is 2.20. The fourth-order valence-corrected chi connectivity index (χ4v) is 4.00. The molecule has 2 aromatic rings. The number of nitrogens with zero attached hydrogens (tertiary/aromatic N) is 2. The lowest BCUT2D eigenvalue weighted by molar-refractivity contribution is 0.156. The van der Waals surface area contributed by atoms with Gasteiger partial charge in [0.05, 0.1) is 14.2 Å². The minimum atomic E-state index is 0.779. The molecule has 1 aliphatic heterocycles. The second-order valence-corrected chi connectivity index (χ2v) is 7.89. The van der Waals surface area contributed by atoms with Crippen molar-refractivity contribution in [2.75, 3.05) is 47.4 Å². The van der Waals surface area contributed by atoms with Gasteiger partial charge in [0.15, 0.2) is 0 Å². The molecule has 28 heavy (non-hydrogen) atoms. The van der Waals surface area contributed by atoms with Crippen LogP contribution in [0.25, 0.3) is 0 Å². The van der Waals surface area contributed by atoms with Crippen LogP contribution in [0.15, 0.2) is 48.5 Å². The number of ether oxygens (including phenoxy) is 2. The van der Waals surface area contributed by atoms with E-state index in [1.165, 1.54) is 37.1 Å². The number of hydrogen-bond donors (Lipinski definition) is 0. The Bertz CT molecular complexity index is 709. The molecule has 4 heteroatoms. The Balaban J connectivity index is 1.65. The van der Waals surface area contributed by atoms with Crippen LogP contribution in [-0.2, 0) is 13.0 Å². The summed E-state index contributed by atoms with van der Waals surface area (Å²) in [7, 11) is 5.70. The summed E-state index contributed by atoms with van der Waals surface area (Å²) < 4.78 is 10.9. The van der Waals surface area contributed by atoms with Crippen LogP contribution in [0.4, 0.5) is 0 Å². The van der Waals surface area contributed by atoms with Crippen LogP contribution < -0.4 is 9.47 Å². The maximum absolute atomic E-state index is 5.59. The molecule has 152 valence electrons. The van der Waals surface area contributed by atoms with Gasteiger partial charge in [-0.2, -0.15) is 0 Å². The van der Waals surface area contributed by atoms with Gasteiger partial charge in [-0.25, -0.2) is 0 Å². The molecular weight excluding hydrogens is 348 g/mol. The zero-order valence-corrected chi connectivity index (χ0v) is 17.6. The summed E-state index contributed by atoms with van der Waals surface area (Å²) in [6, 6.07) is 16.9. The van der Waals surface area contributed by atoms with Gasteiger partial charge < -0.3 is 14.4 Å². The number of hydrogen-bond acceptors (Lipinski definition) is 4. The highest BCUT2D eigenvalue weighted by molar-refractivity contribution is 5.33. The molecule has 0 atom stereocenters. The second kappa shape index (κ2) is 10.5. The lowest BCUT2D eigenvalue weighted by Crippen LogP contribution is -2.37. The molecular formula is C24H34N2O2. The van der Waals surface area contributed by atoms with Crippen molar-refractivity contribution < 1.29 is 9.47 Å². The summed E-state index contributed by atoms with van der Waals surface area (Å²) in [6.07, 6.45) is 3.63. The Morgan fingerprint density at radius 2 is 1.68 bits per heavy atom. The van der Waals surface area contributed by atoms with Crippen molar-refractivity contribution in [3.63, 3.8) is 0 Å². The lowest BCUT2D eigenvalue weighted by atomic mass is 9.96. The third-order valence-corrected chi connectivity index (χ3v) is 5.82. The van der Waals surface area contributed by atoms with E-state index in [1.807, 2.05) is 6.07 Å². The van der Waals surface area contributed by atoms with Gasteiger partial charge in [0, 0.05) is 25.2 Å². The average Bonchev–Trinajstić information content (AvgIpc) is 2.74. The van der Waals surface area contributed by atoms with Crippen molar-refractivity contribution in [1.82, 2.24) is 9.80 Å². The number of rotatable bonds is 9. The van der Waals surface area contributed by atoms with Gasteiger partial charge in [-0.05, 0) is 69.1 Å². The Labute approximate surface area is 170 Å². The molecule has 0 radical (unpaired) electrons. The first-order chi connectivity index (χ1) is 13.7. The maximum atomic E-state index is 5.59. The van der Waals surface area contributed by atoms with Gasteiger partial charge in [-0.1, -0.05) is 30.3 Å². The number of likely N-dealkylation sites (tertiary alicyclic amines) is 1. The molecule has 1 fully saturated rings. The maximum Gasteiger partial charge on any atom is 0.123 e. The molecule has 1 aliphatic rings. The van der Waals surface area contributed by atoms with Crippen LogP contribution in [0, 0.1) is 5.92 Å². The molecule has 0 N–H and O–H groups in total. The summed E-state index contributed by atoms with van der Waals surface area (Å²) in [5.74, 6) is 2.68. The smallest absolute Gasteiger partial charge is 0.123 e. The Hall–Kier alpha value is -2.04. The van der Waals surface area contributed by atoms with E-state index in [-0.39, 0.29) is 0 Å². The van der Waals surface area contributed by atoms with Crippen molar-refractivity contribution in [1.29, 1.82) is 0 Å². The Kier molecular flexibility index (Phi) is 7.75. The van der Waals surface area contributed by atoms with Crippen LogP contribution in [0.1, 0.15) is 24.0 Å². The molecule has 2 aromatic carbocycles. The molecule has 0 saturated carbocycles. The number of benzene rings is 2. The third-order valence-electron chi connectivity index (χ3n) is 5.82. The third kappa shape index (κ3) is 5.98. The number of methoxy groups -OCH3 is 2. The van der Waals surface area contributed by atoms with Crippen molar-refractivity contribution in [2.24, 2.45) is 5.92 Å². The Morgan fingerprint density at radius 3 is 2.36 bits per heavy atom. The van der Waals surface area contributed by atoms with E-state index in [1.54, 1.807) is 14.2 Å². The fraction of sp³-hybridized carbons (Fsp3) is 0.500. The van der Waals surface area contributed by atoms with E-state index in [0.29, 0.717) is 0 Å². The fourth-order valence-electron chi connectivity index (χ4n) is 4.00. The minimum Gasteiger partial charge on any atom is -0.497 e. The van der Waals surface area contributed by atoms with E-state index in [0.717, 1.165) is 43.5 Å². The molecule has 0 spiro atoms. The van der Waals surface area contributed by atoms with Crippen LogP contribution in [-0.4, -0.2) is 57.2 Å². The normalized spacial score (nSPS) is 15.7. The van der Waals surface area contributed by atoms with Gasteiger partial charge >= 0.3 is 0 Å². The Morgan fingerprint density at radius 1 is 0.964 bits per heavy atom. The first-order valence-corrected chi connectivity index (χ1v) is 10.3. The first kappa shape index (κ1) is 20.7. The summed E-state index contributed by atoms with van der Waals surface area (Å²) in [5, 5.41) is 0. The van der Waals surface area contributed by atoms with Crippen molar-refractivity contribution >= 4 is 0 Å². The summed E-state index contributed by atoms with van der Waals surface area (Å²) >= 11 is 0. The van der Waals surface area contributed by atoms with E-state index in [4.69, 9.17) is 9.47 Å². The molecule has 4 nitrogen and oxygen atoms in total. The van der Waals surface area contributed by atoms with E-state index in [2.05, 4.69) is 59.3 Å². The SMILES string of the molecule is COc1ccc(CCN(Cc2ccccc2OC)CC2CCN(C)CC2)cc1. The predicted molar refractivity (Wildman–Crippen MR) is 115 cm³/mol. The largest absolute Gasteiger partial charge is 0.497 e. The molecule has 0 aliphatic carbocycles. The highest BCUT2D eigenvalue weighted by atomic mass is 16.5. The van der Waals surface area contributed by atoms with Crippen molar-refractivity contribution in [3.05, 3.63) is 59.7 Å². The monoisotopic (exact) mass is 382 g/mol. The van der Waals surface area contributed by atoms with Crippen molar-refractivity contribution in [3.8, 4) is 11.5 Å². The molecule has 3 rings (SSSR count). The highest BCUT2D eigenvalue weighted by Crippen LogP contribution is 2.23. The van der Waals surface area contributed by atoms with Gasteiger partial charge in [-0.3, -0.25) is 4.90 Å². The molecule has 0 amide bonds. The topological polar surface area (TPSA) is 24.9 Å². The van der Waals surface area contributed by atoms with Crippen LogP contribution in [0.5, 0.6) is 11.5 Å². The van der Waals surface area contributed by atoms with Gasteiger partial charge in [0.25, 0.3) is 0 Å². The number of para-hydroxylation sites is 1. The molecule has 0 aromatic heterocycles. The summed E-state index contributed by atoms with van der Waals surface area (Å²) in [4.78, 5) is 5.05. The predicted octanol–water partition coefficient (Wildman–Crippen LogP) is 4.09. The molecule has 1 saturated heterocycles. The number of piperidine rings is 1. The van der Waals surface area contributed by atoms with E-state index in [9.17, 15) is 0 Å². The summed E-state index contributed by atoms with van der Waals surface area (Å²) in [6.45, 7) is 5.57. The zero-order valence-electron chi connectivity index (χ0n) is 17.6. The second-order valence-electron chi connectivity index (χ2n) is 7.89. The molecule has 1 heterocycles. The van der Waals surface area contributed by atoms with Crippen LogP contribution >= 0.6 is 0 Å². The minimum absolute atomic E-state index is 0.779.